The molecule has 0 unspecified atom stereocenters. The molecule has 11 heteroatoms. The number of rotatable bonds is 7. The molecule has 4 aromatic rings. The van der Waals surface area contributed by atoms with Crippen LogP contribution in [0.5, 0.6) is 0 Å². The van der Waals surface area contributed by atoms with E-state index >= 15 is 0 Å². The fourth-order valence-corrected chi connectivity index (χ4v) is 6.10. The maximum Gasteiger partial charge on any atom is 0.279 e. The molecule has 0 aliphatic heterocycles. The predicted octanol–water partition coefficient (Wildman–Crippen LogP) is 5.51. The van der Waals surface area contributed by atoms with Gasteiger partial charge in [-0.05, 0) is 49.4 Å². The van der Waals surface area contributed by atoms with Crippen LogP contribution < -0.4 is 9.52 Å². The number of hydrogen-bond donors (Lipinski definition) is 1. The first kappa shape index (κ1) is 25.4. The summed E-state index contributed by atoms with van der Waals surface area (Å²) in [5, 5.41) is 0.986. The number of thiazole rings is 1. The van der Waals surface area contributed by atoms with E-state index in [1.165, 1.54) is 29.5 Å². The van der Waals surface area contributed by atoms with E-state index < -0.39 is 15.9 Å². The first-order valence-corrected chi connectivity index (χ1v) is 13.5. The number of carbonyl (C=O) groups is 1. The van der Waals surface area contributed by atoms with Crippen LogP contribution in [0.2, 0.25) is 10.0 Å². The van der Waals surface area contributed by atoms with Crippen molar-refractivity contribution in [2.75, 3.05) is 18.4 Å². The molecule has 0 atom stereocenters. The van der Waals surface area contributed by atoms with Gasteiger partial charge in [0, 0.05) is 24.9 Å². The average molecular weight is 550 g/mol. The summed E-state index contributed by atoms with van der Waals surface area (Å²) < 4.78 is 35.7. The number of benzene rings is 3. The molecule has 1 aromatic heterocycles. The van der Waals surface area contributed by atoms with Crippen molar-refractivity contribution in [3.63, 3.8) is 0 Å². The van der Waals surface area contributed by atoms with Crippen LogP contribution >= 0.6 is 34.5 Å². The van der Waals surface area contributed by atoms with Gasteiger partial charge < -0.3 is 9.30 Å². The van der Waals surface area contributed by atoms with Gasteiger partial charge in [0.05, 0.1) is 31.8 Å². The summed E-state index contributed by atoms with van der Waals surface area (Å²) >= 11 is 14.0. The molecule has 0 saturated carbocycles. The lowest BCUT2D eigenvalue weighted by atomic mass is 10.2. The van der Waals surface area contributed by atoms with Gasteiger partial charge in [-0.1, -0.05) is 58.3 Å². The summed E-state index contributed by atoms with van der Waals surface area (Å²) in [6.07, 6.45) is 0. The number of aromatic nitrogens is 1. The van der Waals surface area contributed by atoms with Gasteiger partial charge in [-0.2, -0.15) is 4.99 Å². The fourth-order valence-electron chi connectivity index (χ4n) is 3.38. The zero-order valence-corrected chi connectivity index (χ0v) is 21.9. The van der Waals surface area contributed by atoms with Gasteiger partial charge in [0.15, 0.2) is 4.80 Å². The van der Waals surface area contributed by atoms with Crippen molar-refractivity contribution >= 4 is 66.4 Å². The van der Waals surface area contributed by atoms with Crippen LogP contribution in [-0.2, 0) is 21.3 Å². The second-order valence-corrected chi connectivity index (χ2v) is 11.1. The molecule has 0 saturated heterocycles. The quantitative estimate of drug-likeness (QED) is 0.329. The molecule has 182 valence electrons. The topological polar surface area (TPSA) is 89.8 Å². The Hall–Kier alpha value is -2.69. The molecule has 0 radical (unpaired) electrons. The average Bonchev–Trinajstić information content (AvgIpc) is 3.19. The molecule has 0 aliphatic carbocycles. The summed E-state index contributed by atoms with van der Waals surface area (Å²) in [7, 11) is -2.23. The number of ether oxygens (including phenoxy) is 1. The SMILES string of the molecule is COCCn1c(=NC(=O)c2cccc(NS(=O)(=O)c3ccc(C)cc3)c2)sc2c(Cl)ccc(Cl)c21. The number of anilines is 1. The van der Waals surface area contributed by atoms with Crippen molar-refractivity contribution in [1.82, 2.24) is 4.57 Å². The smallest absolute Gasteiger partial charge is 0.279 e. The first-order valence-electron chi connectivity index (χ1n) is 10.4. The highest BCUT2D eigenvalue weighted by atomic mass is 35.5. The molecule has 0 spiro atoms. The number of sulfonamides is 1. The van der Waals surface area contributed by atoms with E-state index in [0.29, 0.717) is 38.2 Å². The molecule has 3 aromatic carbocycles. The molecule has 7 nitrogen and oxygen atoms in total. The van der Waals surface area contributed by atoms with Crippen LogP contribution in [0, 0.1) is 6.92 Å². The second-order valence-electron chi connectivity index (χ2n) is 7.65. The maximum absolute atomic E-state index is 13.1. The molecule has 1 heterocycles. The zero-order valence-electron chi connectivity index (χ0n) is 18.8. The highest BCUT2D eigenvalue weighted by Gasteiger charge is 2.17. The van der Waals surface area contributed by atoms with Gasteiger partial charge in [0.2, 0.25) is 0 Å². The summed E-state index contributed by atoms with van der Waals surface area (Å²) in [6, 6.07) is 16.1. The summed E-state index contributed by atoms with van der Waals surface area (Å²) in [4.78, 5) is 17.9. The highest BCUT2D eigenvalue weighted by molar-refractivity contribution is 7.92. The Kier molecular flexibility index (Phi) is 7.63. The molecule has 1 N–H and O–H groups in total. The number of hydrogen-bond acceptors (Lipinski definition) is 5. The molecule has 1 amide bonds. The third-order valence-corrected chi connectivity index (χ3v) is 8.38. The van der Waals surface area contributed by atoms with Gasteiger partial charge in [0.25, 0.3) is 15.9 Å². The molecule has 0 fully saturated rings. The number of fused-ring (bicyclic) bond motifs is 1. The van der Waals surface area contributed by atoms with E-state index in [1.54, 1.807) is 54.1 Å². The summed E-state index contributed by atoms with van der Waals surface area (Å²) in [5.74, 6) is -0.536. The highest BCUT2D eigenvalue weighted by Crippen LogP contribution is 2.32. The third-order valence-electron chi connectivity index (χ3n) is 5.14. The molecule has 0 aliphatic rings. The fraction of sp³-hybridized carbons (Fsp3) is 0.167. The second kappa shape index (κ2) is 10.5. The first-order chi connectivity index (χ1) is 16.7. The number of halogens is 2. The molecule has 0 bridgehead atoms. The minimum Gasteiger partial charge on any atom is -0.383 e. The lowest BCUT2D eigenvalue weighted by molar-refractivity contribution is 0.0997. The minimum absolute atomic E-state index is 0.128. The van der Waals surface area contributed by atoms with Crippen molar-refractivity contribution in [3.8, 4) is 0 Å². The minimum atomic E-state index is -3.81. The van der Waals surface area contributed by atoms with Crippen LogP contribution in [-0.4, -0.2) is 32.6 Å². The number of methoxy groups -OCH3 is 1. The van der Waals surface area contributed by atoms with E-state index in [9.17, 15) is 13.2 Å². The van der Waals surface area contributed by atoms with Crippen molar-refractivity contribution < 1.29 is 17.9 Å². The number of nitrogens with one attached hydrogen (secondary N) is 1. The van der Waals surface area contributed by atoms with Crippen molar-refractivity contribution in [3.05, 3.63) is 86.6 Å². The maximum atomic E-state index is 13.1. The van der Waals surface area contributed by atoms with Gasteiger partial charge in [-0.3, -0.25) is 9.52 Å². The normalized spacial score (nSPS) is 12.3. The van der Waals surface area contributed by atoms with Crippen molar-refractivity contribution in [1.29, 1.82) is 0 Å². The Morgan fingerprint density at radius 2 is 1.80 bits per heavy atom. The van der Waals surface area contributed by atoms with E-state index in [-0.39, 0.29) is 16.1 Å². The van der Waals surface area contributed by atoms with Crippen LogP contribution in [0.1, 0.15) is 15.9 Å². The number of nitrogens with zero attached hydrogens (tertiary/aromatic N) is 2. The Balaban J connectivity index is 1.70. The Labute approximate surface area is 216 Å². The van der Waals surface area contributed by atoms with E-state index in [0.717, 1.165) is 5.56 Å². The monoisotopic (exact) mass is 549 g/mol. The van der Waals surface area contributed by atoms with Crippen LogP contribution in [0.4, 0.5) is 5.69 Å². The number of aryl methyl sites for hydroxylation is 1. The Morgan fingerprint density at radius 3 is 2.51 bits per heavy atom. The van der Waals surface area contributed by atoms with Gasteiger partial charge in [-0.15, -0.1) is 0 Å². The van der Waals surface area contributed by atoms with E-state index in [4.69, 9.17) is 27.9 Å². The van der Waals surface area contributed by atoms with Gasteiger partial charge in [-0.25, -0.2) is 8.42 Å². The third kappa shape index (κ3) is 5.60. The molecular weight excluding hydrogens is 529 g/mol. The van der Waals surface area contributed by atoms with E-state index in [2.05, 4.69) is 9.71 Å². The lowest BCUT2D eigenvalue weighted by Gasteiger charge is -2.09. The standard InChI is InChI=1S/C24H21Cl2N3O4S2/c1-15-6-8-18(9-7-15)35(31,32)28-17-5-3-4-16(14-17)23(30)27-24-29(12-13-33-2)21-19(25)10-11-20(26)22(21)34-24/h3-11,14,28H,12-13H2,1-2H3. The Morgan fingerprint density at radius 1 is 1.09 bits per heavy atom. The van der Waals surface area contributed by atoms with Crippen LogP contribution in [0.15, 0.2) is 70.6 Å². The van der Waals surface area contributed by atoms with Crippen LogP contribution in [0.3, 0.4) is 0 Å². The number of amides is 1. The van der Waals surface area contributed by atoms with E-state index in [1.807, 2.05) is 6.92 Å². The largest absolute Gasteiger partial charge is 0.383 e. The summed E-state index contributed by atoms with van der Waals surface area (Å²) in [6.45, 7) is 2.67. The molecule has 35 heavy (non-hydrogen) atoms. The lowest BCUT2D eigenvalue weighted by Crippen LogP contribution is -2.19. The predicted molar refractivity (Wildman–Crippen MR) is 140 cm³/mol. The van der Waals surface area contributed by atoms with Gasteiger partial charge >= 0.3 is 0 Å². The molecular formula is C24H21Cl2N3O4S2. The van der Waals surface area contributed by atoms with Crippen molar-refractivity contribution in [2.45, 2.75) is 18.4 Å². The zero-order chi connectivity index (χ0) is 25.2. The summed E-state index contributed by atoms with van der Waals surface area (Å²) in [5.41, 5.74) is 2.10. The Bertz CT molecular complexity index is 1580. The van der Waals surface area contributed by atoms with Crippen LogP contribution in [0.25, 0.3) is 10.2 Å². The number of carbonyl (C=O) groups excluding carboxylic acids is 1. The van der Waals surface area contributed by atoms with Gasteiger partial charge in [0.1, 0.15) is 0 Å². The molecule has 4 rings (SSSR count). The van der Waals surface area contributed by atoms with Crippen molar-refractivity contribution in [2.24, 2.45) is 4.99 Å².